The standard InChI is InChI=1S/C18H36O6/c1-4-7-10-21-15-14(13-19)24-18(20)17(23-12-9-6-3)16(15)22-11-8-5-2/h14-20H,4-13H2,1-3H3/t14-,15-,16+,17-,18+/m1/s1. The summed E-state index contributed by atoms with van der Waals surface area (Å²) in [6, 6.07) is 0. The highest BCUT2D eigenvalue weighted by Crippen LogP contribution is 2.27. The quantitative estimate of drug-likeness (QED) is 0.497. The van der Waals surface area contributed by atoms with E-state index < -0.39 is 30.7 Å². The molecule has 0 aromatic rings. The third-order valence-electron chi connectivity index (χ3n) is 4.21. The molecule has 144 valence electrons. The van der Waals surface area contributed by atoms with Crippen molar-refractivity contribution >= 4 is 0 Å². The molecule has 0 unspecified atom stereocenters. The van der Waals surface area contributed by atoms with Crippen LogP contribution in [0.2, 0.25) is 0 Å². The first-order valence-corrected chi connectivity index (χ1v) is 9.48. The fraction of sp³-hybridized carbons (Fsp3) is 1.00. The van der Waals surface area contributed by atoms with E-state index in [2.05, 4.69) is 20.8 Å². The fourth-order valence-corrected chi connectivity index (χ4v) is 2.70. The van der Waals surface area contributed by atoms with Crippen LogP contribution in [0.25, 0.3) is 0 Å². The van der Waals surface area contributed by atoms with Gasteiger partial charge in [0.05, 0.1) is 6.61 Å². The average molecular weight is 348 g/mol. The number of aliphatic hydroxyl groups is 2. The van der Waals surface area contributed by atoms with Gasteiger partial charge in [-0.15, -0.1) is 0 Å². The largest absolute Gasteiger partial charge is 0.394 e. The van der Waals surface area contributed by atoms with Crippen LogP contribution >= 0.6 is 0 Å². The predicted molar refractivity (Wildman–Crippen MR) is 91.9 cm³/mol. The van der Waals surface area contributed by atoms with Crippen LogP contribution in [-0.4, -0.2) is 67.3 Å². The molecule has 1 aliphatic rings. The predicted octanol–water partition coefficient (Wildman–Crippen LogP) is 2.25. The molecule has 0 saturated carbocycles. The highest BCUT2D eigenvalue weighted by atomic mass is 16.7. The van der Waals surface area contributed by atoms with E-state index in [0.717, 1.165) is 38.5 Å². The third-order valence-corrected chi connectivity index (χ3v) is 4.21. The Kier molecular flexibility index (Phi) is 11.8. The lowest BCUT2D eigenvalue weighted by atomic mass is 9.98. The Morgan fingerprint density at radius 3 is 1.67 bits per heavy atom. The van der Waals surface area contributed by atoms with Crippen LogP contribution in [0, 0.1) is 0 Å². The van der Waals surface area contributed by atoms with E-state index in [1.54, 1.807) is 0 Å². The maximum atomic E-state index is 10.3. The molecule has 2 N–H and O–H groups in total. The number of ether oxygens (including phenoxy) is 4. The Morgan fingerprint density at radius 2 is 1.21 bits per heavy atom. The third kappa shape index (κ3) is 6.94. The minimum atomic E-state index is -1.11. The van der Waals surface area contributed by atoms with Gasteiger partial charge in [0, 0.05) is 19.8 Å². The monoisotopic (exact) mass is 348 g/mol. The van der Waals surface area contributed by atoms with Crippen LogP contribution in [0.4, 0.5) is 0 Å². The molecule has 0 aromatic heterocycles. The molecule has 1 rings (SSSR count). The zero-order valence-electron chi connectivity index (χ0n) is 15.5. The zero-order chi connectivity index (χ0) is 17.8. The highest BCUT2D eigenvalue weighted by Gasteiger charge is 2.47. The molecule has 6 heteroatoms. The van der Waals surface area contributed by atoms with Gasteiger partial charge in [-0.2, -0.15) is 0 Å². The van der Waals surface area contributed by atoms with Crippen molar-refractivity contribution < 1.29 is 29.2 Å². The second-order valence-corrected chi connectivity index (χ2v) is 6.31. The van der Waals surface area contributed by atoms with Gasteiger partial charge in [0.1, 0.15) is 24.4 Å². The van der Waals surface area contributed by atoms with Gasteiger partial charge in [0.2, 0.25) is 0 Å². The first-order valence-electron chi connectivity index (χ1n) is 9.48. The van der Waals surface area contributed by atoms with E-state index in [-0.39, 0.29) is 6.61 Å². The summed E-state index contributed by atoms with van der Waals surface area (Å²) in [7, 11) is 0. The molecule has 0 spiro atoms. The van der Waals surface area contributed by atoms with Crippen molar-refractivity contribution in [3.05, 3.63) is 0 Å². The van der Waals surface area contributed by atoms with Crippen LogP contribution < -0.4 is 0 Å². The minimum absolute atomic E-state index is 0.219. The lowest BCUT2D eigenvalue weighted by Gasteiger charge is -2.44. The summed E-state index contributed by atoms with van der Waals surface area (Å²) in [6.45, 7) is 7.76. The van der Waals surface area contributed by atoms with Gasteiger partial charge in [0.15, 0.2) is 6.29 Å². The Labute approximate surface area is 146 Å². The molecule has 0 bridgehead atoms. The van der Waals surface area contributed by atoms with Crippen molar-refractivity contribution in [1.82, 2.24) is 0 Å². The Bertz CT molecular complexity index is 301. The lowest BCUT2D eigenvalue weighted by Crippen LogP contribution is -2.61. The van der Waals surface area contributed by atoms with Crippen LogP contribution in [0.5, 0.6) is 0 Å². The lowest BCUT2D eigenvalue weighted by molar-refractivity contribution is -0.310. The summed E-state index contributed by atoms with van der Waals surface area (Å²) < 4.78 is 23.3. The molecule has 1 heterocycles. The molecule has 24 heavy (non-hydrogen) atoms. The molecule has 0 aromatic carbocycles. The topological polar surface area (TPSA) is 77.4 Å². The molecule has 0 aliphatic carbocycles. The number of hydrogen-bond acceptors (Lipinski definition) is 6. The molecule has 6 nitrogen and oxygen atoms in total. The number of rotatable bonds is 13. The molecular formula is C18H36O6. The second kappa shape index (κ2) is 13.0. The molecular weight excluding hydrogens is 312 g/mol. The van der Waals surface area contributed by atoms with Crippen molar-refractivity contribution in [2.45, 2.75) is 90.0 Å². The molecule has 0 radical (unpaired) electrons. The maximum Gasteiger partial charge on any atom is 0.184 e. The molecule has 1 aliphatic heterocycles. The first-order chi connectivity index (χ1) is 11.7. The highest BCUT2D eigenvalue weighted by molar-refractivity contribution is 4.92. The zero-order valence-corrected chi connectivity index (χ0v) is 15.5. The Hall–Kier alpha value is -0.240. The first kappa shape index (κ1) is 21.8. The summed E-state index contributed by atoms with van der Waals surface area (Å²) in [5.41, 5.74) is 0. The van der Waals surface area contributed by atoms with Gasteiger partial charge in [-0.25, -0.2) is 0 Å². The summed E-state index contributed by atoms with van der Waals surface area (Å²) in [6.07, 6.45) is 2.65. The van der Waals surface area contributed by atoms with Gasteiger partial charge in [0.25, 0.3) is 0 Å². The van der Waals surface area contributed by atoms with Crippen molar-refractivity contribution in [1.29, 1.82) is 0 Å². The number of aliphatic hydroxyl groups excluding tert-OH is 2. The SMILES string of the molecule is CCCCO[C@@H]1[C@@H](OCCCC)[C@@H](O)O[C@H](CO)[C@H]1OCCCC. The molecule has 1 fully saturated rings. The van der Waals surface area contributed by atoms with Crippen LogP contribution in [0.3, 0.4) is 0 Å². The fourth-order valence-electron chi connectivity index (χ4n) is 2.70. The van der Waals surface area contributed by atoms with E-state index in [9.17, 15) is 10.2 Å². The van der Waals surface area contributed by atoms with E-state index in [4.69, 9.17) is 18.9 Å². The van der Waals surface area contributed by atoms with E-state index in [1.165, 1.54) is 0 Å². The van der Waals surface area contributed by atoms with E-state index in [1.807, 2.05) is 0 Å². The van der Waals surface area contributed by atoms with E-state index in [0.29, 0.717) is 19.8 Å². The van der Waals surface area contributed by atoms with Crippen molar-refractivity contribution in [2.24, 2.45) is 0 Å². The molecule has 1 saturated heterocycles. The van der Waals surface area contributed by atoms with Crippen LogP contribution in [0.15, 0.2) is 0 Å². The summed E-state index contributed by atoms with van der Waals surface area (Å²) in [5, 5.41) is 19.9. The van der Waals surface area contributed by atoms with Crippen LogP contribution in [0.1, 0.15) is 59.3 Å². The molecule has 5 atom stereocenters. The smallest absolute Gasteiger partial charge is 0.184 e. The maximum absolute atomic E-state index is 10.3. The minimum Gasteiger partial charge on any atom is -0.394 e. The summed E-state index contributed by atoms with van der Waals surface area (Å²) in [5.74, 6) is 0. The average Bonchev–Trinajstić information content (AvgIpc) is 2.58. The second-order valence-electron chi connectivity index (χ2n) is 6.31. The summed E-state index contributed by atoms with van der Waals surface area (Å²) >= 11 is 0. The number of unbranched alkanes of at least 4 members (excludes halogenated alkanes) is 3. The van der Waals surface area contributed by atoms with Crippen molar-refractivity contribution in [2.75, 3.05) is 26.4 Å². The Morgan fingerprint density at radius 1 is 0.750 bits per heavy atom. The van der Waals surface area contributed by atoms with Gasteiger partial charge >= 0.3 is 0 Å². The normalized spacial score (nSPS) is 30.6. The van der Waals surface area contributed by atoms with Crippen molar-refractivity contribution in [3.63, 3.8) is 0 Å². The van der Waals surface area contributed by atoms with Gasteiger partial charge in [-0.3, -0.25) is 0 Å². The van der Waals surface area contributed by atoms with Gasteiger partial charge in [-0.05, 0) is 19.3 Å². The Balaban J connectivity index is 2.79. The summed E-state index contributed by atoms with van der Waals surface area (Å²) in [4.78, 5) is 0. The van der Waals surface area contributed by atoms with Crippen molar-refractivity contribution in [3.8, 4) is 0 Å². The van der Waals surface area contributed by atoms with Gasteiger partial charge in [-0.1, -0.05) is 40.0 Å². The number of hydrogen-bond donors (Lipinski definition) is 2. The van der Waals surface area contributed by atoms with E-state index >= 15 is 0 Å². The van der Waals surface area contributed by atoms with Crippen LogP contribution in [-0.2, 0) is 18.9 Å². The van der Waals surface area contributed by atoms with Gasteiger partial charge < -0.3 is 29.2 Å². The molecule has 0 amide bonds.